The molecule has 2 fully saturated rings. The lowest BCUT2D eigenvalue weighted by molar-refractivity contribution is -0.141. The smallest absolute Gasteiger partial charge is 0.247 e. The van der Waals surface area contributed by atoms with E-state index in [1.54, 1.807) is 29.2 Å². The summed E-state index contributed by atoms with van der Waals surface area (Å²) in [5, 5.41) is 12.1. The highest BCUT2D eigenvalue weighted by atomic mass is 32.2. The van der Waals surface area contributed by atoms with Gasteiger partial charge in [-0.25, -0.2) is 8.42 Å². The number of likely N-dealkylation sites (tertiary alicyclic amines) is 1. The fourth-order valence-corrected chi connectivity index (χ4v) is 6.16. The lowest BCUT2D eigenvalue weighted by Gasteiger charge is -2.34. The van der Waals surface area contributed by atoms with Gasteiger partial charge < -0.3 is 10.2 Å². The van der Waals surface area contributed by atoms with Crippen molar-refractivity contribution in [3.8, 4) is 6.07 Å². The lowest BCUT2D eigenvalue weighted by Crippen LogP contribution is -2.48. The van der Waals surface area contributed by atoms with Crippen molar-refractivity contribution < 1.29 is 18.0 Å². The maximum absolute atomic E-state index is 13.2. The molecule has 2 saturated heterocycles. The van der Waals surface area contributed by atoms with Crippen LogP contribution >= 0.6 is 0 Å². The van der Waals surface area contributed by atoms with Crippen LogP contribution in [0.1, 0.15) is 31.2 Å². The molecular formula is C24H26N4O4S. The van der Waals surface area contributed by atoms with Crippen LogP contribution in [-0.2, 0) is 19.6 Å². The molecule has 1 N–H and O–H groups in total. The first-order chi connectivity index (χ1) is 15.9. The molecule has 0 saturated carbocycles. The minimum absolute atomic E-state index is 0.00512. The molecule has 33 heavy (non-hydrogen) atoms. The summed E-state index contributed by atoms with van der Waals surface area (Å²) < 4.78 is 27.4. The number of nitrogens with zero attached hydrogens (tertiary/aromatic N) is 3. The maximum atomic E-state index is 13.2. The molecule has 0 aromatic heterocycles. The Labute approximate surface area is 193 Å². The summed E-state index contributed by atoms with van der Waals surface area (Å²) in [6.45, 7) is 0.931. The van der Waals surface area contributed by atoms with Crippen LogP contribution in [0.15, 0.2) is 59.5 Å². The number of hydrogen-bond donors (Lipinski definition) is 1. The van der Waals surface area contributed by atoms with Crippen LogP contribution in [-0.4, -0.2) is 55.1 Å². The van der Waals surface area contributed by atoms with Crippen molar-refractivity contribution in [3.63, 3.8) is 0 Å². The van der Waals surface area contributed by atoms with Crippen molar-refractivity contribution in [2.24, 2.45) is 5.92 Å². The van der Waals surface area contributed by atoms with E-state index in [4.69, 9.17) is 0 Å². The van der Waals surface area contributed by atoms with Gasteiger partial charge in [0.25, 0.3) is 0 Å². The zero-order valence-corrected chi connectivity index (χ0v) is 19.0. The van der Waals surface area contributed by atoms with Crippen molar-refractivity contribution in [1.82, 2.24) is 9.21 Å². The van der Waals surface area contributed by atoms with Crippen LogP contribution in [0.3, 0.4) is 0 Å². The molecule has 2 aromatic carbocycles. The van der Waals surface area contributed by atoms with Crippen LogP contribution < -0.4 is 5.32 Å². The normalized spacial score (nSPS) is 19.7. The number of para-hydroxylation sites is 1. The lowest BCUT2D eigenvalue weighted by atomic mass is 9.96. The molecular weight excluding hydrogens is 440 g/mol. The summed E-state index contributed by atoms with van der Waals surface area (Å²) in [6, 6.07) is 16.7. The number of carbonyl (C=O) groups is 2. The Kier molecular flexibility index (Phi) is 6.77. The number of nitriles is 1. The number of amides is 2. The molecule has 9 heteroatoms. The third-order valence-corrected chi connectivity index (χ3v) is 8.27. The van der Waals surface area contributed by atoms with Crippen molar-refractivity contribution in [2.45, 2.75) is 36.6 Å². The Balaban J connectivity index is 1.40. The SMILES string of the molecule is N#Cc1ccccc1S(=O)(=O)N1CCC(C(=O)N2CCCC2C(=O)Nc2ccccc2)CC1. The second-order valence-electron chi connectivity index (χ2n) is 8.33. The van der Waals surface area contributed by atoms with E-state index < -0.39 is 16.1 Å². The molecule has 1 unspecified atom stereocenters. The monoisotopic (exact) mass is 466 g/mol. The summed E-state index contributed by atoms with van der Waals surface area (Å²) in [6.07, 6.45) is 2.14. The second kappa shape index (κ2) is 9.73. The summed E-state index contributed by atoms with van der Waals surface area (Å²) in [5.74, 6) is -0.608. The van der Waals surface area contributed by atoms with Gasteiger partial charge in [0, 0.05) is 31.2 Å². The van der Waals surface area contributed by atoms with Gasteiger partial charge in [-0.05, 0) is 49.9 Å². The van der Waals surface area contributed by atoms with Gasteiger partial charge in [-0.3, -0.25) is 9.59 Å². The van der Waals surface area contributed by atoms with Gasteiger partial charge in [0.2, 0.25) is 21.8 Å². The van der Waals surface area contributed by atoms with E-state index in [9.17, 15) is 23.3 Å². The predicted molar refractivity (Wildman–Crippen MR) is 122 cm³/mol. The molecule has 8 nitrogen and oxygen atoms in total. The third-order valence-electron chi connectivity index (χ3n) is 6.31. The van der Waals surface area contributed by atoms with Crippen molar-refractivity contribution in [1.29, 1.82) is 5.26 Å². The average Bonchev–Trinajstić information content (AvgIpc) is 3.34. The molecule has 2 aromatic rings. The summed E-state index contributed by atoms with van der Waals surface area (Å²) in [7, 11) is -3.81. The summed E-state index contributed by atoms with van der Waals surface area (Å²) in [5.41, 5.74) is 0.804. The number of carbonyl (C=O) groups excluding carboxylic acids is 2. The average molecular weight is 467 g/mol. The first kappa shape index (κ1) is 23.0. The minimum atomic E-state index is -3.81. The Morgan fingerprint density at radius 2 is 1.61 bits per heavy atom. The number of hydrogen-bond acceptors (Lipinski definition) is 5. The van der Waals surface area contributed by atoms with E-state index in [1.165, 1.54) is 16.4 Å². The quantitative estimate of drug-likeness (QED) is 0.728. The number of piperidine rings is 1. The molecule has 0 radical (unpaired) electrons. The van der Waals surface area contributed by atoms with Gasteiger partial charge in [-0.1, -0.05) is 30.3 Å². The van der Waals surface area contributed by atoms with Crippen LogP contribution in [0, 0.1) is 17.2 Å². The Bertz CT molecular complexity index is 1170. The predicted octanol–water partition coefficient (Wildman–Crippen LogP) is 2.59. The molecule has 2 heterocycles. The van der Waals surface area contributed by atoms with Gasteiger partial charge in [0.1, 0.15) is 12.1 Å². The maximum Gasteiger partial charge on any atom is 0.247 e. The highest BCUT2D eigenvalue weighted by molar-refractivity contribution is 7.89. The van der Waals surface area contributed by atoms with Crippen molar-refractivity contribution >= 4 is 27.5 Å². The fourth-order valence-electron chi connectivity index (χ4n) is 4.55. The fraction of sp³-hybridized carbons (Fsp3) is 0.375. The third kappa shape index (κ3) is 4.77. The molecule has 2 aliphatic rings. The largest absolute Gasteiger partial charge is 0.330 e. The van der Waals surface area contributed by atoms with E-state index in [0.29, 0.717) is 31.5 Å². The van der Waals surface area contributed by atoms with Gasteiger partial charge in [-0.15, -0.1) is 0 Å². The van der Waals surface area contributed by atoms with E-state index in [2.05, 4.69) is 5.32 Å². The van der Waals surface area contributed by atoms with Gasteiger partial charge in [0.05, 0.1) is 10.5 Å². The molecule has 1 atom stereocenters. The Morgan fingerprint density at radius 3 is 2.30 bits per heavy atom. The van der Waals surface area contributed by atoms with Crippen LogP contribution in [0.2, 0.25) is 0 Å². The summed E-state index contributed by atoms with van der Waals surface area (Å²) in [4.78, 5) is 27.7. The Morgan fingerprint density at radius 1 is 0.939 bits per heavy atom. The van der Waals surface area contributed by atoms with Crippen LogP contribution in [0.5, 0.6) is 0 Å². The Hall–Kier alpha value is -3.22. The number of anilines is 1. The standard InChI is InChI=1S/C24H26N4O4S/c25-17-19-7-4-5-11-22(19)33(31,32)27-15-12-18(13-16-27)24(30)28-14-6-10-21(28)23(29)26-20-8-2-1-3-9-20/h1-5,7-9,11,18,21H,6,10,12-16H2,(H,26,29). The summed E-state index contributed by atoms with van der Waals surface area (Å²) >= 11 is 0. The highest BCUT2D eigenvalue weighted by Crippen LogP contribution is 2.29. The first-order valence-corrected chi connectivity index (χ1v) is 12.5. The van der Waals surface area contributed by atoms with Gasteiger partial charge in [0.15, 0.2) is 0 Å². The number of nitrogens with one attached hydrogen (secondary N) is 1. The minimum Gasteiger partial charge on any atom is -0.330 e. The first-order valence-electron chi connectivity index (χ1n) is 11.1. The number of rotatable bonds is 5. The number of benzene rings is 2. The zero-order valence-electron chi connectivity index (χ0n) is 18.2. The van der Waals surface area contributed by atoms with E-state index >= 15 is 0 Å². The number of sulfonamides is 1. The van der Waals surface area contributed by atoms with Crippen LogP contribution in [0.25, 0.3) is 0 Å². The van der Waals surface area contributed by atoms with Crippen molar-refractivity contribution in [3.05, 3.63) is 60.2 Å². The topological polar surface area (TPSA) is 111 Å². The molecule has 4 rings (SSSR count). The van der Waals surface area contributed by atoms with Gasteiger partial charge in [-0.2, -0.15) is 9.57 Å². The molecule has 2 amide bonds. The van der Waals surface area contributed by atoms with Gasteiger partial charge >= 0.3 is 0 Å². The molecule has 0 spiro atoms. The van der Waals surface area contributed by atoms with E-state index in [-0.39, 0.29) is 41.3 Å². The molecule has 0 bridgehead atoms. The molecule has 0 aliphatic carbocycles. The molecule has 172 valence electrons. The van der Waals surface area contributed by atoms with Crippen molar-refractivity contribution in [2.75, 3.05) is 25.0 Å². The van der Waals surface area contributed by atoms with Crippen LogP contribution in [0.4, 0.5) is 5.69 Å². The van der Waals surface area contributed by atoms with E-state index in [1.807, 2.05) is 24.3 Å². The zero-order chi connectivity index (χ0) is 23.4. The van der Waals surface area contributed by atoms with E-state index in [0.717, 1.165) is 6.42 Å². The highest BCUT2D eigenvalue weighted by Gasteiger charge is 2.39. The molecule has 2 aliphatic heterocycles. The second-order valence-corrected chi connectivity index (χ2v) is 10.2.